The monoisotopic (exact) mass is 376 g/mol. The van der Waals surface area contributed by atoms with Gasteiger partial charge in [0.2, 0.25) is 0 Å². The van der Waals surface area contributed by atoms with Gasteiger partial charge in [0.15, 0.2) is 11.3 Å². The van der Waals surface area contributed by atoms with Crippen LogP contribution in [0.5, 0.6) is 5.75 Å². The molecule has 0 radical (unpaired) electrons. The number of fused-ring (bicyclic) bond motifs is 3. The van der Waals surface area contributed by atoms with Crippen LogP contribution < -0.4 is 4.84 Å². The zero-order valence-corrected chi connectivity index (χ0v) is 14.8. The molecule has 1 aromatic rings. The Balaban J connectivity index is 2.11. The average molecular weight is 378 g/mol. The molecule has 0 bridgehead atoms. The molecule has 8 heteroatoms. The molecule has 0 aromatic carbocycles. The number of esters is 1. The number of carbonyl (C=O) groups excluding carboxylic acids is 1. The lowest BCUT2D eigenvalue weighted by Gasteiger charge is -2.35. The van der Waals surface area contributed by atoms with Crippen molar-refractivity contribution in [2.75, 3.05) is 0 Å². The summed E-state index contributed by atoms with van der Waals surface area (Å²) in [6.45, 7) is 3.74. The van der Waals surface area contributed by atoms with Gasteiger partial charge in [-0.2, -0.15) is 5.06 Å². The largest absolute Gasteiger partial charge is 0.459 e. The van der Waals surface area contributed by atoms with E-state index in [9.17, 15) is 4.79 Å². The number of ether oxygens (including phenoxy) is 1. The molecule has 0 aliphatic carbocycles. The van der Waals surface area contributed by atoms with E-state index < -0.39 is 22.2 Å². The lowest BCUT2D eigenvalue weighted by Crippen LogP contribution is -2.47. The molecule has 124 valence electrons. The standard InChI is InChI=1S/C15H15Cl3N2O3/c1-3-7(2)22-15(21)9-10(16)11(17)14(18)20-13(9)12-8(23-20)5-4-6-19-12/h4-7,10-11,14H,3H2,1-2H3/t7-,10+,11+,14-/m0/s1. The van der Waals surface area contributed by atoms with Gasteiger partial charge < -0.3 is 9.57 Å². The van der Waals surface area contributed by atoms with Crippen LogP contribution in [0.15, 0.2) is 23.9 Å². The van der Waals surface area contributed by atoms with Crippen LogP contribution in [-0.2, 0) is 9.53 Å². The van der Waals surface area contributed by atoms with Gasteiger partial charge in [-0.15, -0.1) is 23.2 Å². The number of pyridine rings is 1. The molecule has 0 saturated heterocycles. The summed E-state index contributed by atoms with van der Waals surface area (Å²) in [6, 6.07) is 3.47. The number of hydrogen-bond donors (Lipinski definition) is 0. The van der Waals surface area contributed by atoms with E-state index in [0.29, 0.717) is 23.6 Å². The van der Waals surface area contributed by atoms with Gasteiger partial charge in [-0.25, -0.2) is 4.79 Å². The summed E-state index contributed by atoms with van der Waals surface area (Å²) in [6.07, 6.45) is 2.06. The van der Waals surface area contributed by atoms with Gasteiger partial charge in [-0.05, 0) is 25.5 Å². The van der Waals surface area contributed by atoms with Crippen molar-refractivity contribution in [2.24, 2.45) is 0 Å². The normalized spacial score (nSPS) is 27.2. The smallest absolute Gasteiger partial charge is 0.338 e. The van der Waals surface area contributed by atoms with Crippen LogP contribution in [0.2, 0.25) is 0 Å². The van der Waals surface area contributed by atoms with Gasteiger partial charge >= 0.3 is 5.97 Å². The van der Waals surface area contributed by atoms with Crippen molar-refractivity contribution in [3.8, 4) is 5.75 Å². The van der Waals surface area contributed by atoms with Crippen LogP contribution in [-0.4, -0.2) is 38.4 Å². The van der Waals surface area contributed by atoms with E-state index >= 15 is 0 Å². The van der Waals surface area contributed by atoms with Crippen LogP contribution in [0.1, 0.15) is 26.0 Å². The second-order valence-corrected chi connectivity index (χ2v) is 6.79. The Bertz CT molecular complexity index is 667. The Morgan fingerprint density at radius 2 is 2.22 bits per heavy atom. The van der Waals surface area contributed by atoms with Crippen molar-refractivity contribution in [3.63, 3.8) is 0 Å². The minimum atomic E-state index is -0.807. The third kappa shape index (κ3) is 2.75. The van der Waals surface area contributed by atoms with E-state index in [1.165, 1.54) is 5.06 Å². The lowest BCUT2D eigenvalue weighted by atomic mass is 10.0. The van der Waals surface area contributed by atoms with Gasteiger partial charge in [0.1, 0.15) is 11.4 Å². The van der Waals surface area contributed by atoms with Crippen LogP contribution in [0.3, 0.4) is 0 Å². The molecule has 23 heavy (non-hydrogen) atoms. The molecular weight excluding hydrogens is 363 g/mol. The molecule has 5 nitrogen and oxygen atoms in total. The summed E-state index contributed by atoms with van der Waals surface area (Å²) < 4.78 is 5.42. The van der Waals surface area contributed by atoms with Gasteiger partial charge in [-0.1, -0.05) is 18.5 Å². The molecule has 4 atom stereocenters. The fraction of sp³-hybridized carbons (Fsp3) is 0.467. The van der Waals surface area contributed by atoms with Gasteiger partial charge in [0.05, 0.1) is 22.4 Å². The summed E-state index contributed by atoms with van der Waals surface area (Å²) in [5.74, 6) is -0.0349. The van der Waals surface area contributed by atoms with Crippen molar-refractivity contribution in [2.45, 2.75) is 42.6 Å². The molecule has 0 N–H and O–H groups in total. The Labute approximate surface area is 149 Å². The maximum Gasteiger partial charge on any atom is 0.338 e. The topological polar surface area (TPSA) is 51.7 Å². The molecular formula is C15H15Cl3N2O3. The molecule has 3 heterocycles. The van der Waals surface area contributed by atoms with E-state index in [1.54, 1.807) is 18.3 Å². The number of aromatic nitrogens is 1. The van der Waals surface area contributed by atoms with Crippen molar-refractivity contribution >= 4 is 46.5 Å². The third-order valence-corrected chi connectivity index (χ3v) is 5.50. The summed E-state index contributed by atoms with van der Waals surface area (Å²) in [5.41, 5.74) is 0.416. The van der Waals surface area contributed by atoms with Crippen LogP contribution in [0, 0.1) is 0 Å². The van der Waals surface area contributed by atoms with E-state index in [-0.39, 0.29) is 11.7 Å². The van der Waals surface area contributed by atoms with E-state index in [2.05, 4.69) is 4.98 Å². The molecule has 3 rings (SSSR count). The number of hydrogen-bond acceptors (Lipinski definition) is 5. The Kier molecular flexibility index (Phi) is 4.63. The Morgan fingerprint density at radius 3 is 2.91 bits per heavy atom. The van der Waals surface area contributed by atoms with E-state index in [1.807, 2.05) is 13.8 Å². The highest BCUT2D eigenvalue weighted by Gasteiger charge is 2.49. The molecule has 0 unspecified atom stereocenters. The molecule has 2 aliphatic rings. The first-order valence-corrected chi connectivity index (χ1v) is 8.56. The van der Waals surface area contributed by atoms with Gasteiger partial charge in [0, 0.05) is 6.20 Å². The molecule has 0 saturated carbocycles. The zero-order valence-electron chi connectivity index (χ0n) is 12.5. The number of nitrogens with zero attached hydrogens (tertiary/aromatic N) is 2. The number of hydroxylamine groups is 2. The maximum absolute atomic E-state index is 12.6. The molecule has 0 amide bonds. The number of alkyl halides is 3. The first kappa shape index (κ1) is 16.7. The average Bonchev–Trinajstić information content (AvgIpc) is 2.92. The van der Waals surface area contributed by atoms with Crippen LogP contribution in [0.4, 0.5) is 0 Å². The second kappa shape index (κ2) is 6.38. The summed E-state index contributed by atoms with van der Waals surface area (Å²) in [7, 11) is 0. The third-order valence-electron chi connectivity index (χ3n) is 3.81. The van der Waals surface area contributed by atoms with Gasteiger partial charge in [-0.3, -0.25) is 4.98 Å². The maximum atomic E-state index is 12.6. The SMILES string of the molecule is CC[C@H](C)OC(=O)C1=C2c3ncccc3ON2[C@H](Cl)[C@H](Cl)[C@@H]1Cl. The molecule has 0 spiro atoms. The second-order valence-electron chi connectivity index (χ2n) is 5.37. The predicted octanol–water partition coefficient (Wildman–Crippen LogP) is 3.54. The van der Waals surface area contributed by atoms with Gasteiger partial charge in [0.25, 0.3) is 0 Å². The Morgan fingerprint density at radius 1 is 1.48 bits per heavy atom. The quantitative estimate of drug-likeness (QED) is 0.458. The zero-order chi connectivity index (χ0) is 16.7. The van der Waals surface area contributed by atoms with Crippen molar-refractivity contribution in [1.82, 2.24) is 10.0 Å². The van der Waals surface area contributed by atoms with Crippen LogP contribution in [0.25, 0.3) is 5.70 Å². The summed E-state index contributed by atoms with van der Waals surface area (Å²) >= 11 is 19.0. The highest BCUT2D eigenvalue weighted by molar-refractivity contribution is 6.38. The number of halogens is 3. The minimum absolute atomic E-state index is 0.223. The lowest BCUT2D eigenvalue weighted by molar-refractivity contribution is -0.144. The number of carbonyl (C=O) groups is 1. The minimum Gasteiger partial charge on any atom is -0.459 e. The van der Waals surface area contributed by atoms with Crippen molar-refractivity contribution in [1.29, 1.82) is 0 Å². The molecule has 2 aliphatic heterocycles. The van der Waals surface area contributed by atoms with E-state index in [0.717, 1.165) is 0 Å². The Hall–Kier alpha value is -1.17. The highest BCUT2D eigenvalue weighted by atomic mass is 35.5. The first-order valence-electron chi connectivity index (χ1n) is 7.25. The van der Waals surface area contributed by atoms with Crippen molar-refractivity contribution < 1.29 is 14.4 Å². The predicted molar refractivity (Wildman–Crippen MR) is 88.4 cm³/mol. The summed E-state index contributed by atoms with van der Waals surface area (Å²) in [4.78, 5) is 22.6. The van der Waals surface area contributed by atoms with Crippen molar-refractivity contribution in [3.05, 3.63) is 29.6 Å². The number of rotatable bonds is 3. The fourth-order valence-electron chi connectivity index (χ4n) is 2.42. The first-order chi connectivity index (χ1) is 11.0. The summed E-state index contributed by atoms with van der Waals surface area (Å²) in [5, 5.41) is -0.155. The molecule has 0 fully saturated rings. The highest BCUT2D eigenvalue weighted by Crippen LogP contribution is 2.46. The van der Waals surface area contributed by atoms with Crippen LogP contribution >= 0.6 is 34.8 Å². The fourth-order valence-corrected chi connectivity index (χ4v) is 3.33. The molecule has 1 aromatic heterocycles. The van der Waals surface area contributed by atoms with E-state index in [4.69, 9.17) is 44.4 Å².